The number of fused-ring (bicyclic) bond motifs is 1. The first-order valence-electron chi connectivity index (χ1n) is 8.23. The van der Waals surface area contributed by atoms with Gasteiger partial charge in [-0.3, -0.25) is 4.79 Å². The number of anilines is 1. The molecule has 3 heterocycles. The highest BCUT2D eigenvalue weighted by Gasteiger charge is 2.59. The Bertz CT molecular complexity index is 926. The molecular formula is C16H18BN5O5. The van der Waals surface area contributed by atoms with E-state index < -0.39 is 42.4 Å². The molecule has 0 amide bonds. The van der Waals surface area contributed by atoms with Gasteiger partial charge < -0.3 is 25.4 Å². The molecule has 10 nitrogen and oxygen atoms in total. The van der Waals surface area contributed by atoms with Crippen LogP contribution in [0, 0.1) is 17.2 Å². The van der Waals surface area contributed by atoms with Crippen LogP contribution in [-0.4, -0.2) is 63.5 Å². The maximum Gasteiger partial charge on any atom is 0.308 e. The van der Waals surface area contributed by atoms with Gasteiger partial charge in [-0.05, 0) is 6.07 Å². The molecule has 2 aromatic rings. The van der Waals surface area contributed by atoms with Gasteiger partial charge in [0.1, 0.15) is 38.0 Å². The predicted molar refractivity (Wildman–Crippen MR) is 92.8 cm³/mol. The maximum absolute atomic E-state index is 12.0. The fourth-order valence-corrected chi connectivity index (χ4v) is 3.08. The molecule has 0 aliphatic carbocycles. The van der Waals surface area contributed by atoms with Crippen molar-refractivity contribution in [3.8, 4) is 6.07 Å². The van der Waals surface area contributed by atoms with E-state index in [2.05, 4.69) is 10.1 Å². The molecule has 0 saturated carbocycles. The fourth-order valence-electron chi connectivity index (χ4n) is 3.08. The van der Waals surface area contributed by atoms with Crippen molar-refractivity contribution in [2.75, 3.05) is 12.3 Å². The predicted octanol–water partition coefficient (Wildman–Crippen LogP) is -1.86. The Morgan fingerprint density at radius 1 is 1.63 bits per heavy atom. The minimum absolute atomic E-state index is 0.0795. The summed E-state index contributed by atoms with van der Waals surface area (Å²) in [4.78, 5) is 15.8. The van der Waals surface area contributed by atoms with Crippen LogP contribution in [0.3, 0.4) is 0 Å². The van der Waals surface area contributed by atoms with Crippen molar-refractivity contribution in [3.05, 3.63) is 18.1 Å². The number of aliphatic hydroxyl groups excluding tert-OH is 2. The Kier molecular flexibility index (Phi) is 4.81. The van der Waals surface area contributed by atoms with Gasteiger partial charge in [0.05, 0.1) is 18.2 Å². The number of rotatable bonds is 4. The molecule has 140 valence electrons. The molecule has 3 rings (SSSR count). The van der Waals surface area contributed by atoms with E-state index in [0.717, 1.165) is 6.33 Å². The third-order valence-corrected chi connectivity index (χ3v) is 4.49. The lowest BCUT2D eigenvalue weighted by Gasteiger charge is -2.25. The molecule has 2 aromatic heterocycles. The Balaban J connectivity index is 2.12. The summed E-state index contributed by atoms with van der Waals surface area (Å²) in [6.07, 6.45) is -2.81. The monoisotopic (exact) mass is 371 g/mol. The smallest absolute Gasteiger partial charge is 0.308 e. The summed E-state index contributed by atoms with van der Waals surface area (Å²) in [5.74, 6) is -0.984. The molecule has 4 N–H and O–H groups in total. The van der Waals surface area contributed by atoms with E-state index >= 15 is 0 Å². The van der Waals surface area contributed by atoms with Crippen LogP contribution in [0.15, 0.2) is 12.4 Å². The van der Waals surface area contributed by atoms with E-state index in [1.807, 2.05) is 6.07 Å². The minimum atomic E-state index is -1.99. The van der Waals surface area contributed by atoms with Crippen LogP contribution in [0.4, 0.5) is 5.82 Å². The number of carbonyl (C=O) groups excluding carboxylic acids is 1. The lowest BCUT2D eigenvalue weighted by atomic mass is 9.90. The van der Waals surface area contributed by atoms with E-state index in [4.69, 9.17) is 23.1 Å². The Morgan fingerprint density at radius 2 is 2.33 bits per heavy atom. The molecule has 1 aliphatic heterocycles. The van der Waals surface area contributed by atoms with Gasteiger partial charge >= 0.3 is 5.97 Å². The van der Waals surface area contributed by atoms with Gasteiger partial charge in [-0.2, -0.15) is 10.4 Å². The van der Waals surface area contributed by atoms with E-state index in [1.54, 1.807) is 13.8 Å². The number of hydrogen-bond donors (Lipinski definition) is 3. The summed E-state index contributed by atoms with van der Waals surface area (Å²) in [5, 5.41) is 34.4. The van der Waals surface area contributed by atoms with Gasteiger partial charge in [0.15, 0.2) is 11.9 Å². The Morgan fingerprint density at radius 3 is 2.93 bits per heavy atom. The summed E-state index contributed by atoms with van der Waals surface area (Å²) in [6.45, 7) is 2.67. The first-order valence-corrected chi connectivity index (χ1v) is 8.23. The summed E-state index contributed by atoms with van der Waals surface area (Å²) in [5.41, 5.74) is 4.34. The highest BCUT2D eigenvalue weighted by Crippen LogP contribution is 2.41. The van der Waals surface area contributed by atoms with Crippen LogP contribution in [-0.2, 0) is 19.9 Å². The quantitative estimate of drug-likeness (QED) is 0.414. The first-order chi connectivity index (χ1) is 12.8. The second-order valence-electron chi connectivity index (χ2n) is 6.58. The average molecular weight is 371 g/mol. The number of ether oxygens (including phenoxy) is 2. The first kappa shape index (κ1) is 19.1. The molecule has 0 unspecified atom stereocenters. The minimum Gasteiger partial charge on any atom is -0.456 e. The third-order valence-electron chi connectivity index (χ3n) is 4.49. The third kappa shape index (κ3) is 2.82. The van der Waals surface area contributed by atoms with Crippen LogP contribution in [0.1, 0.15) is 19.5 Å². The number of nitrogen functional groups attached to an aromatic ring is 1. The van der Waals surface area contributed by atoms with Crippen molar-refractivity contribution in [3.63, 3.8) is 0 Å². The standard InChI is InChI=1S/C16H18BN5O5/c1-7(2)15(25)26-12-9(4-23)27-16(5-18,13(12)24)10-3-8(17)11-14(19)20-6-21-22(10)11/h3,6-7,9,12-13,23-24H,4H2,1-2H3,(H2,19,20,21)/t9-,12-,13-,16+/m1/s1. The zero-order chi connectivity index (χ0) is 19.9. The number of aromatic nitrogens is 3. The molecule has 1 aliphatic rings. The van der Waals surface area contributed by atoms with E-state index in [0.29, 0.717) is 0 Å². The second-order valence-corrected chi connectivity index (χ2v) is 6.58. The molecule has 0 spiro atoms. The molecule has 4 atom stereocenters. The zero-order valence-electron chi connectivity index (χ0n) is 14.7. The van der Waals surface area contributed by atoms with E-state index in [-0.39, 0.29) is 22.5 Å². The summed E-state index contributed by atoms with van der Waals surface area (Å²) in [6, 6.07) is 3.30. The van der Waals surface area contributed by atoms with Crippen LogP contribution >= 0.6 is 0 Å². The van der Waals surface area contributed by atoms with Crippen LogP contribution in [0.25, 0.3) is 5.52 Å². The summed E-state index contributed by atoms with van der Waals surface area (Å²) < 4.78 is 12.2. The molecule has 2 radical (unpaired) electrons. The SMILES string of the molecule is [B]c1cc([C@]2(C#N)O[C@H](CO)[C@@H](OC(=O)C(C)C)[C@H]2O)n2ncnc(N)c12. The van der Waals surface area contributed by atoms with Gasteiger partial charge in [-0.1, -0.05) is 19.3 Å². The maximum atomic E-state index is 12.0. The largest absolute Gasteiger partial charge is 0.456 e. The molecule has 27 heavy (non-hydrogen) atoms. The number of aliphatic hydroxyl groups is 2. The van der Waals surface area contributed by atoms with Crippen molar-refractivity contribution >= 4 is 30.6 Å². The van der Waals surface area contributed by atoms with Crippen molar-refractivity contribution < 1.29 is 24.5 Å². The number of esters is 1. The molecule has 1 fully saturated rings. The summed E-state index contributed by atoms with van der Waals surface area (Å²) >= 11 is 0. The van der Waals surface area contributed by atoms with Gasteiger partial charge in [0.25, 0.3) is 0 Å². The van der Waals surface area contributed by atoms with Gasteiger partial charge in [0, 0.05) is 0 Å². The molecular weight excluding hydrogens is 353 g/mol. The Hall–Kier alpha value is -2.68. The number of nitrogens with zero attached hydrogens (tertiary/aromatic N) is 4. The number of hydrogen-bond acceptors (Lipinski definition) is 9. The van der Waals surface area contributed by atoms with Crippen LogP contribution in [0.5, 0.6) is 0 Å². The van der Waals surface area contributed by atoms with E-state index in [1.165, 1.54) is 10.6 Å². The van der Waals surface area contributed by atoms with Crippen molar-refractivity contribution in [1.29, 1.82) is 5.26 Å². The lowest BCUT2D eigenvalue weighted by molar-refractivity contribution is -0.160. The van der Waals surface area contributed by atoms with Crippen molar-refractivity contribution in [2.45, 2.75) is 37.8 Å². The average Bonchev–Trinajstić information content (AvgIpc) is 3.12. The lowest BCUT2D eigenvalue weighted by Crippen LogP contribution is -2.43. The Labute approximate surface area is 155 Å². The van der Waals surface area contributed by atoms with Gasteiger partial charge in [0.2, 0.25) is 5.60 Å². The molecule has 1 saturated heterocycles. The van der Waals surface area contributed by atoms with Crippen LogP contribution in [0.2, 0.25) is 0 Å². The highest BCUT2D eigenvalue weighted by atomic mass is 16.6. The summed E-state index contributed by atoms with van der Waals surface area (Å²) in [7, 11) is 5.96. The second kappa shape index (κ2) is 6.81. The molecule has 0 bridgehead atoms. The van der Waals surface area contributed by atoms with Crippen LogP contribution < -0.4 is 11.2 Å². The van der Waals surface area contributed by atoms with Gasteiger partial charge in [-0.15, -0.1) is 0 Å². The molecule has 0 aromatic carbocycles. The number of nitriles is 1. The topological polar surface area (TPSA) is 156 Å². The molecule has 11 heteroatoms. The fraction of sp³-hybridized carbons (Fsp3) is 0.500. The zero-order valence-corrected chi connectivity index (χ0v) is 14.7. The number of carbonyl (C=O) groups is 1. The highest BCUT2D eigenvalue weighted by molar-refractivity contribution is 6.37. The van der Waals surface area contributed by atoms with Gasteiger partial charge in [-0.25, -0.2) is 9.50 Å². The van der Waals surface area contributed by atoms with Crippen molar-refractivity contribution in [1.82, 2.24) is 14.6 Å². The number of nitrogens with two attached hydrogens (primary N) is 1. The van der Waals surface area contributed by atoms with Crippen molar-refractivity contribution in [2.24, 2.45) is 5.92 Å². The normalized spacial score (nSPS) is 27.8. The van der Waals surface area contributed by atoms with E-state index in [9.17, 15) is 20.3 Å².